The fraction of sp³-hybridized carbons (Fsp3) is 0.417. The summed E-state index contributed by atoms with van der Waals surface area (Å²) in [5, 5.41) is 3.23. The fourth-order valence-electron chi connectivity index (χ4n) is 2.32. The Labute approximate surface area is 102 Å². The van der Waals surface area contributed by atoms with Crippen LogP contribution in [0.3, 0.4) is 0 Å². The Balaban J connectivity index is 1.96. The van der Waals surface area contributed by atoms with Gasteiger partial charge in [0.2, 0.25) is 0 Å². The molecule has 0 aliphatic carbocycles. The van der Waals surface area contributed by atoms with Crippen LogP contribution in [-0.4, -0.2) is 29.7 Å². The molecule has 2 atom stereocenters. The number of aromatic nitrogens is 2. The molecule has 2 aromatic rings. The van der Waals surface area contributed by atoms with E-state index < -0.39 is 11.6 Å². The summed E-state index contributed by atoms with van der Waals surface area (Å²) in [5.74, 6) is -0.632. The molecule has 0 spiro atoms. The minimum atomic E-state index is -0.645. The van der Waals surface area contributed by atoms with Crippen LogP contribution in [0.5, 0.6) is 0 Å². The third kappa shape index (κ3) is 1.87. The summed E-state index contributed by atoms with van der Waals surface area (Å²) >= 11 is 0. The van der Waals surface area contributed by atoms with Crippen molar-refractivity contribution in [3.8, 4) is 0 Å². The summed E-state index contributed by atoms with van der Waals surface area (Å²) in [6, 6.07) is 2.08. The minimum Gasteiger partial charge on any atom is -0.380 e. The second-order valence-corrected chi connectivity index (χ2v) is 4.46. The smallest absolute Gasteiger partial charge is 0.153 e. The molecule has 1 aromatic carbocycles. The van der Waals surface area contributed by atoms with Gasteiger partial charge in [0.25, 0.3) is 0 Å². The molecular weight excluding hydrogens is 240 g/mol. The zero-order valence-corrected chi connectivity index (χ0v) is 9.84. The van der Waals surface area contributed by atoms with E-state index in [4.69, 9.17) is 4.74 Å². The minimum absolute atomic E-state index is 0.00943. The Morgan fingerprint density at radius 1 is 1.39 bits per heavy atom. The first-order chi connectivity index (χ1) is 8.67. The van der Waals surface area contributed by atoms with Crippen LogP contribution in [0.25, 0.3) is 11.0 Å². The molecule has 18 heavy (non-hydrogen) atoms. The zero-order chi connectivity index (χ0) is 12.7. The molecule has 1 aromatic heterocycles. The Kier molecular flexibility index (Phi) is 2.76. The predicted molar refractivity (Wildman–Crippen MR) is 62.2 cm³/mol. The standard InChI is InChI=1S/C12H13F2N3O/c1-18-7-4-10(15-5-7)12-16-9-3-6(13)2-8(14)11(9)17-12/h2-3,7,10,15H,4-5H2,1H3,(H,16,17). The maximum atomic E-state index is 13.5. The first-order valence-corrected chi connectivity index (χ1v) is 5.78. The molecule has 1 aliphatic rings. The van der Waals surface area contributed by atoms with Crippen LogP contribution >= 0.6 is 0 Å². The molecule has 4 nitrogen and oxygen atoms in total. The van der Waals surface area contributed by atoms with Crippen molar-refractivity contribution in [3.05, 3.63) is 29.6 Å². The lowest BCUT2D eigenvalue weighted by molar-refractivity contribution is 0.117. The summed E-state index contributed by atoms with van der Waals surface area (Å²) in [6.45, 7) is 0.731. The number of hydrogen-bond donors (Lipinski definition) is 2. The number of aromatic amines is 1. The highest BCUT2D eigenvalue weighted by molar-refractivity contribution is 5.75. The molecule has 0 radical (unpaired) electrons. The van der Waals surface area contributed by atoms with Crippen molar-refractivity contribution < 1.29 is 13.5 Å². The summed E-state index contributed by atoms with van der Waals surface area (Å²) in [7, 11) is 1.66. The van der Waals surface area contributed by atoms with E-state index in [0.717, 1.165) is 19.0 Å². The maximum Gasteiger partial charge on any atom is 0.153 e. The number of rotatable bonds is 2. The zero-order valence-electron chi connectivity index (χ0n) is 9.84. The number of nitrogens with one attached hydrogen (secondary N) is 2. The molecular formula is C12H13F2N3O. The van der Waals surface area contributed by atoms with Crippen LogP contribution in [0.1, 0.15) is 18.3 Å². The van der Waals surface area contributed by atoms with Gasteiger partial charge in [0.15, 0.2) is 5.82 Å². The molecule has 1 aliphatic heterocycles. The highest BCUT2D eigenvalue weighted by atomic mass is 19.1. The summed E-state index contributed by atoms with van der Waals surface area (Å²) in [6.07, 6.45) is 0.894. The van der Waals surface area contributed by atoms with Crippen molar-refractivity contribution in [2.75, 3.05) is 13.7 Å². The van der Waals surface area contributed by atoms with Crippen LogP contribution in [-0.2, 0) is 4.74 Å². The number of nitrogens with zero attached hydrogens (tertiary/aromatic N) is 1. The average Bonchev–Trinajstić information content (AvgIpc) is 2.93. The molecule has 3 rings (SSSR count). The molecule has 0 bridgehead atoms. The summed E-state index contributed by atoms with van der Waals surface area (Å²) in [4.78, 5) is 7.14. The molecule has 2 unspecified atom stereocenters. The van der Waals surface area contributed by atoms with Gasteiger partial charge in [-0.05, 0) is 12.5 Å². The van der Waals surface area contributed by atoms with E-state index >= 15 is 0 Å². The normalized spacial score (nSPS) is 23.9. The number of H-pyrrole nitrogens is 1. The third-order valence-electron chi connectivity index (χ3n) is 3.28. The molecule has 1 saturated heterocycles. The lowest BCUT2D eigenvalue weighted by Gasteiger charge is -2.06. The van der Waals surface area contributed by atoms with E-state index in [1.807, 2.05) is 0 Å². The van der Waals surface area contributed by atoms with Gasteiger partial charge in [-0.3, -0.25) is 0 Å². The van der Waals surface area contributed by atoms with E-state index in [1.165, 1.54) is 6.07 Å². The van der Waals surface area contributed by atoms with E-state index in [9.17, 15) is 8.78 Å². The highest BCUT2D eigenvalue weighted by Gasteiger charge is 2.27. The molecule has 0 amide bonds. The third-order valence-corrected chi connectivity index (χ3v) is 3.28. The highest BCUT2D eigenvalue weighted by Crippen LogP contribution is 2.26. The van der Waals surface area contributed by atoms with Gasteiger partial charge >= 0.3 is 0 Å². The Hall–Kier alpha value is -1.53. The van der Waals surface area contributed by atoms with Gasteiger partial charge in [-0.1, -0.05) is 0 Å². The van der Waals surface area contributed by atoms with Crippen LogP contribution in [0.15, 0.2) is 12.1 Å². The van der Waals surface area contributed by atoms with Crippen molar-refractivity contribution in [2.24, 2.45) is 0 Å². The fourth-order valence-corrected chi connectivity index (χ4v) is 2.32. The second kappa shape index (κ2) is 4.29. The Morgan fingerprint density at radius 3 is 2.94 bits per heavy atom. The van der Waals surface area contributed by atoms with Crippen molar-refractivity contribution in [1.29, 1.82) is 0 Å². The number of hydrogen-bond acceptors (Lipinski definition) is 3. The van der Waals surface area contributed by atoms with Crippen molar-refractivity contribution in [1.82, 2.24) is 15.3 Å². The Morgan fingerprint density at radius 2 is 2.22 bits per heavy atom. The molecule has 0 saturated carbocycles. The van der Waals surface area contributed by atoms with E-state index in [0.29, 0.717) is 11.3 Å². The van der Waals surface area contributed by atoms with Gasteiger partial charge in [-0.25, -0.2) is 13.8 Å². The lowest BCUT2D eigenvalue weighted by atomic mass is 10.2. The van der Waals surface area contributed by atoms with Crippen LogP contribution in [0.4, 0.5) is 8.78 Å². The van der Waals surface area contributed by atoms with Crippen LogP contribution in [0.2, 0.25) is 0 Å². The molecule has 96 valence electrons. The average molecular weight is 253 g/mol. The van der Waals surface area contributed by atoms with E-state index in [2.05, 4.69) is 15.3 Å². The van der Waals surface area contributed by atoms with Gasteiger partial charge in [0, 0.05) is 19.7 Å². The molecule has 2 heterocycles. The van der Waals surface area contributed by atoms with Gasteiger partial charge in [0.1, 0.15) is 17.2 Å². The van der Waals surface area contributed by atoms with Crippen molar-refractivity contribution in [3.63, 3.8) is 0 Å². The van der Waals surface area contributed by atoms with Gasteiger partial charge < -0.3 is 15.0 Å². The van der Waals surface area contributed by atoms with Crippen molar-refractivity contribution >= 4 is 11.0 Å². The first-order valence-electron chi connectivity index (χ1n) is 5.78. The van der Waals surface area contributed by atoms with Crippen LogP contribution < -0.4 is 5.32 Å². The van der Waals surface area contributed by atoms with Gasteiger partial charge in [-0.15, -0.1) is 0 Å². The number of methoxy groups -OCH3 is 1. The van der Waals surface area contributed by atoms with Crippen LogP contribution in [0, 0.1) is 11.6 Å². The van der Waals surface area contributed by atoms with E-state index in [-0.39, 0.29) is 17.7 Å². The number of fused-ring (bicyclic) bond motifs is 1. The van der Waals surface area contributed by atoms with Gasteiger partial charge in [0.05, 0.1) is 17.7 Å². The van der Waals surface area contributed by atoms with E-state index in [1.54, 1.807) is 7.11 Å². The summed E-state index contributed by atoms with van der Waals surface area (Å²) < 4.78 is 31.8. The first kappa shape index (κ1) is 11.6. The largest absolute Gasteiger partial charge is 0.380 e. The lowest BCUT2D eigenvalue weighted by Crippen LogP contribution is -2.16. The molecule has 1 fully saturated rings. The number of benzene rings is 1. The maximum absolute atomic E-state index is 13.5. The summed E-state index contributed by atoms with van der Waals surface area (Å²) in [5.41, 5.74) is 0.555. The number of imidazole rings is 1. The van der Waals surface area contributed by atoms with Gasteiger partial charge in [-0.2, -0.15) is 0 Å². The number of halogens is 2. The van der Waals surface area contributed by atoms with Crippen molar-refractivity contribution in [2.45, 2.75) is 18.6 Å². The quantitative estimate of drug-likeness (QED) is 0.859. The molecule has 6 heteroatoms. The second-order valence-electron chi connectivity index (χ2n) is 4.46. The monoisotopic (exact) mass is 253 g/mol. The Bertz CT molecular complexity index is 584. The topological polar surface area (TPSA) is 49.9 Å². The predicted octanol–water partition coefficient (Wildman–Crippen LogP) is 1.89. The molecule has 2 N–H and O–H groups in total. The number of ether oxygens (including phenoxy) is 1. The SMILES string of the molecule is COC1CNC(c2nc3c(F)cc(F)cc3[nH]2)C1.